The van der Waals surface area contributed by atoms with Crippen LogP contribution in [0.1, 0.15) is 93.9 Å². The molecule has 0 aromatic heterocycles. The molecule has 4 N–H and O–H groups in total. The van der Waals surface area contributed by atoms with Crippen LogP contribution in [0.25, 0.3) is 0 Å². The molecule has 2 aliphatic carbocycles. The molecule has 0 amide bonds. The Labute approximate surface area is 243 Å². The second-order valence-electron chi connectivity index (χ2n) is 14.0. The molecule has 0 bridgehead atoms. The number of hydrogen-bond donors (Lipinski definition) is 4. The standard InChI is InChI=1S/C32H50O9/c1-10-16(2)24(34)18(4)23-19(15-17(3)33)25(35)22-26(36)27-30(7)13-11-20(29(5,6)37)40-21(30)12-14-31(27,8)41-28(22)32(23,38)39-9/h16,18,20-21,24,26-27,34,36-38H,10-15H2,1-9H3/t16-,18-,20+,21+,24+,26+,27+,30-,31+,32?/m0/s1. The molecule has 232 valence electrons. The molecule has 4 rings (SSSR count). The van der Waals surface area contributed by atoms with E-state index in [1.54, 1.807) is 20.8 Å². The molecule has 9 heteroatoms. The summed E-state index contributed by atoms with van der Waals surface area (Å²) in [6.07, 6.45) is -0.218. The Balaban J connectivity index is 1.85. The summed E-state index contributed by atoms with van der Waals surface area (Å²) in [6, 6.07) is 0. The molecule has 1 saturated heterocycles. The number of ketones is 2. The first kappa shape index (κ1) is 32.3. The minimum Gasteiger partial charge on any atom is -0.485 e. The predicted molar refractivity (Wildman–Crippen MR) is 151 cm³/mol. The second-order valence-corrected chi connectivity index (χ2v) is 14.0. The Morgan fingerprint density at radius 3 is 2.37 bits per heavy atom. The lowest BCUT2D eigenvalue weighted by Crippen LogP contribution is -2.67. The number of rotatable bonds is 8. The molecule has 4 aliphatic rings. The molecule has 10 atom stereocenters. The third-order valence-corrected chi connectivity index (χ3v) is 10.7. The van der Waals surface area contributed by atoms with Crippen molar-refractivity contribution in [2.45, 2.75) is 135 Å². The lowest BCUT2D eigenvalue weighted by molar-refractivity contribution is -0.275. The van der Waals surface area contributed by atoms with Gasteiger partial charge in [0.1, 0.15) is 11.4 Å². The molecule has 2 fully saturated rings. The Kier molecular flexibility index (Phi) is 8.53. The van der Waals surface area contributed by atoms with Gasteiger partial charge in [-0.1, -0.05) is 34.1 Å². The van der Waals surface area contributed by atoms with Gasteiger partial charge < -0.3 is 34.6 Å². The molecule has 41 heavy (non-hydrogen) atoms. The highest BCUT2D eigenvalue weighted by molar-refractivity contribution is 6.13. The Bertz CT molecular complexity index is 1130. The van der Waals surface area contributed by atoms with Crippen molar-refractivity contribution >= 4 is 11.6 Å². The van der Waals surface area contributed by atoms with Gasteiger partial charge in [-0.25, -0.2) is 0 Å². The number of hydrogen-bond acceptors (Lipinski definition) is 9. The maximum atomic E-state index is 14.3. The van der Waals surface area contributed by atoms with Gasteiger partial charge in [0.25, 0.3) is 0 Å². The molecular formula is C32H50O9. The first-order valence-electron chi connectivity index (χ1n) is 15.1. The van der Waals surface area contributed by atoms with Crippen LogP contribution in [0.5, 0.6) is 0 Å². The van der Waals surface area contributed by atoms with E-state index >= 15 is 0 Å². The van der Waals surface area contributed by atoms with Crippen molar-refractivity contribution < 1.29 is 44.2 Å². The fraction of sp³-hybridized carbons (Fsp3) is 0.812. The summed E-state index contributed by atoms with van der Waals surface area (Å²) in [5.41, 5.74) is -2.55. The van der Waals surface area contributed by atoms with E-state index in [0.29, 0.717) is 32.1 Å². The van der Waals surface area contributed by atoms with Crippen LogP contribution in [0.4, 0.5) is 0 Å². The van der Waals surface area contributed by atoms with Crippen molar-refractivity contribution in [3.05, 3.63) is 22.5 Å². The lowest BCUT2D eigenvalue weighted by atomic mass is 9.52. The van der Waals surface area contributed by atoms with Crippen LogP contribution < -0.4 is 0 Å². The zero-order chi connectivity index (χ0) is 30.9. The Morgan fingerprint density at radius 1 is 1.20 bits per heavy atom. The van der Waals surface area contributed by atoms with Crippen molar-refractivity contribution in [2.75, 3.05) is 7.11 Å². The molecular weight excluding hydrogens is 528 g/mol. The molecule has 0 spiro atoms. The summed E-state index contributed by atoms with van der Waals surface area (Å²) in [7, 11) is 1.29. The van der Waals surface area contributed by atoms with Crippen LogP contribution in [0.2, 0.25) is 0 Å². The van der Waals surface area contributed by atoms with Gasteiger partial charge >= 0.3 is 0 Å². The zero-order valence-electron chi connectivity index (χ0n) is 26.1. The van der Waals surface area contributed by atoms with E-state index in [4.69, 9.17) is 14.2 Å². The Morgan fingerprint density at radius 2 is 1.83 bits per heavy atom. The smallest absolute Gasteiger partial charge is 0.250 e. The van der Waals surface area contributed by atoms with Gasteiger partial charge in [0.2, 0.25) is 5.79 Å². The first-order chi connectivity index (χ1) is 18.9. The van der Waals surface area contributed by atoms with E-state index in [-0.39, 0.29) is 52.8 Å². The number of allylic oxidation sites excluding steroid dienone is 1. The van der Waals surface area contributed by atoms with Gasteiger partial charge in [-0.3, -0.25) is 9.59 Å². The van der Waals surface area contributed by atoms with Gasteiger partial charge in [0, 0.05) is 41.9 Å². The van der Waals surface area contributed by atoms with Gasteiger partial charge in [-0.2, -0.15) is 0 Å². The fourth-order valence-corrected chi connectivity index (χ4v) is 8.18. The highest BCUT2D eigenvalue weighted by atomic mass is 16.6. The molecule has 1 saturated carbocycles. The van der Waals surface area contributed by atoms with E-state index in [1.165, 1.54) is 14.0 Å². The quantitative estimate of drug-likeness (QED) is 0.319. The average Bonchev–Trinajstić information content (AvgIpc) is 2.88. The van der Waals surface area contributed by atoms with Gasteiger partial charge in [0.05, 0.1) is 35.6 Å². The van der Waals surface area contributed by atoms with Gasteiger partial charge in [-0.15, -0.1) is 0 Å². The number of carbonyl (C=O) groups is 2. The first-order valence-corrected chi connectivity index (χ1v) is 15.1. The monoisotopic (exact) mass is 578 g/mol. The van der Waals surface area contributed by atoms with E-state index < -0.39 is 52.2 Å². The SMILES string of the molecule is CC[C@H](C)[C@@H](O)[C@@H](C)C1=C(CC(C)=O)C(=O)C2=C(O[C@]3(C)CC[C@H]4O[C@@H](C(C)(C)O)CC[C@]4(C)[C@H]3[C@@H]2O)C1(O)OC. The summed E-state index contributed by atoms with van der Waals surface area (Å²) in [4.78, 5) is 26.7. The summed E-state index contributed by atoms with van der Waals surface area (Å²) in [5, 5.41) is 46.2. The van der Waals surface area contributed by atoms with Crippen molar-refractivity contribution in [3.63, 3.8) is 0 Å². The fourth-order valence-electron chi connectivity index (χ4n) is 8.18. The van der Waals surface area contributed by atoms with Crippen LogP contribution >= 0.6 is 0 Å². The van der Waals surface area contributed by atoms with E-state index in [1.807, 2.05) is 27.7 Å². The highest BCUT2D eigenvalue weighted by Crippen LogP contribution is 2.61. The zero-order valence-corrected chi connectivity index (χ0v) is 26.1. The number of Topliss-reactive ketones (excluding diaryl/α,β-unsaturated/α-hetero) is 2. The number of methoxy groups -OCH3 is 1. The largest absolute Gasteiger partial charge is 0.485 e. The molecule has 9 nitrogen and oxygen atoms in total. The normalized spacial score (nSPS) is 39.8. The maximum Gasteiger partial charge on any atom is 0.250 e. The van der Waals surface area contributed by atoms with E-state index in [2.05, 4.69) is 0 Å². The highest BCUT2D eigenvalue weighted by Gasteiger charge is 2.66. The Hall–Kier alpha value is -1.62. The van der Waals surface area contributed by atoms with Crippen LogP contribution in [0, 0.1) is 23.2 Å². The van der Waals surface area contributed by atoms with E-state index in [0.717, 1.165) is 0 Å². The van der Waals surface area contributed by atoms with Gasteiger partial charge in [-0.05, 0) is 59.3 Å². The minimum atomic E-state index is -2.26. The summed E-state index contributed by atoms with van der Waals surface area (Å²) in [5.74, 6) is -4.74. The lowest BCUT2D eigenvalue weighted by Gasteiger charge is -2.62. The van der Waals surface area contributed by atoms with E-state index in [9.17, 15) is 30.0 Å². The molecule has 0 aromatic rings. The van der Waals surface area contributed by atoms with Crippen molar-refractivity contribution in [3.8, 4) is 0 Å². The van der Waals surface area contributed by atoms with Crippen LogP contribution in [-0.2, 0) is 23.8 Å². The third-order valence-electron chi connectivity index (χ3n) is 10.7. The van der Waals surface area contributed by atoms with Crippen molar-refractivity contribution in [2.24, 2.45) is 23.2 Å². The van der Waals surface area contributed by atoms with Crippen LogP contribution in [0.3, 0.4) is 0 Å². The molecule has 1 unspecified atom stereocenters. The number of fused-ring (bicyclic) bond motifs is 3. The predicted octanol–water partition coefficient (Wildman–Crippen LogP) is 3.36. The third kappa shape index (κ3) is 5.04. The number of ether oxygens (including phenoxy) is 3. The number of aliphatic hydroxyl groups is 4. The van der Waals surface area contributed by atoms with Crippen LogP contribution in [-0.4, -0.2) is 80.5 Å². The topological polar surface area (TPSA) is 143 Å². The molecule has 0 radical (unpaired) electrons. The summed E-state index contributed by atoms with van der Waals surface area (Å²) in [6.45, 7) is 14.3. The second kappa shape index (κ2) is 10.8. The van der Waals surface area contributed by atoms with Crippen LogP contribution in [0.15, 0.2) is 22.5 Å². The summed E-state index contributed by atoms with van der Waals surface area (Å²) < 4.78 is 18.8. The number of carbonyl (C=O) groups excluding carboxylic acids is 2. The number of aliphatic hydroxyl groups excluding tert-OH is 2. The van der Waals surface area contributed by atoms with Crippen molar-refractivity contribution in [1.29, 1.82) is 0 Å². The molecule has 2 aliphatic heterocycles. The molecule has 0 aromatic carbocycles. The summed E-state index contributed by atoms with van der Waals surface area (Å²) >= 11 is 0. The van der Waals surface area contributed by atoms with Crippen molar-refractivity contribution in [1.82, 2.24) is 0 Å². The molecule has 2 heterocycles. The minimum absolute atomic E-state index is 0.0289. The average molecular weight is 579 g/mol. The van der Waals surface area contributed by atoms with Gasteiger partial charge in [0.15, 0.2) is 11.5 Å². The maximum absolute atomic E-state index is 14.3.